The van der Waals surface area contributed by atoms with Gasteiger partial charge in [-0.1, -0.05) is 0 Å². The molecule has 0 aliphatic heterocycles. The highest BCUT2D eigenvalue weighted by molar-refractivity contribution is 6.84. The minimum Gasteiger partial charge on any atom is -0.455 e. The molecule has 0 aromatic rings. The van der Waals surface area contributed by atoms with Gasteiger partial charge in [0.05, 0.1) is 0 Å². The van der Waals surface area contributed by atoms with E-state index in [1.54, 1.807) is 7.05 Å². The molecule has 0 bridgehead atoms. The molecular formula is C12H28ClNO2Si2. The monoisotopic (exact) mass is 309 g/mol. The van der Waals surface area contributed by atoms with E-state index >= 15 is 0 Å². The van der Waals surface area contributed by atoms with Crippen LogP contribution < -0.4 is 5.32 Å². The molecule has 1 amide bonds. The number of nitrogens with one attached hydrogen (secondary N) is 1. The molecule has 0 unspecified atom stereocenters. The van der Waals surface area contributed by atoms with Crippen LogP contribution in [0, 0.1) is 0 Å². The highest BCUT2D eigenvalue weighted by Crippen LogP contribution is 2.24. The summed E-state index contributed by atoms with van der Waals surface area (Å²) < 4.78 is 6.43. The molecule has 0 aromatic carbocycles. The van der Waals surface area contributed by atoms with Gasteiger partial charge in [0.15, 0.2) is 16.6 Å². The molecule has 0 fully saturated rings. The largest absolute Gasteiger partial charge is 0.455 e. The van der Waals surface area contributed by atoms with E-state index in [0.717, 1.165) is 30.8 Å². The van der Waals surface area contributed by atoms with E-state index in [2.05, 4.69) is 31.5 Å². The van der Waals surface area contributed by atoms with E-state index in [9.17, 15) is 4.79 Å². The molecule has 0 saturated heterocycles. The first-order chi connectivity index (χ1) is 8.22. The van der Waals surface area contributed by atoms with Crippen LogP contribution in [0.5, 0.6) is 0 Å². The normalized spacial score (nSPS) is 12.6. The summed E-state index contributed by atoms with van der Waals surface area (Å²) >= 11 is 5.75. The van der Waals surface area contributed by atoms with Gasteiger partial charge in [-0.3, -0.25) is 4.79 Å². The quantitative estimate of drug-likeness (QED) is 0.522. The Kier molecular flexibility index (Phi) is 8.42. The molecular weight excluding hydrogens is 282 g/mol. The standard InChI is InChI=1S/C12H28ClNO2Si2/c1-14-12(15)8-6-10-17(2,3)16-18(4,5)11-7-9-13/h6-11H2,1-5H3,(H,14,15). The second-order valence-electron chi connectivity index (χ2n) is 5.94. The van der Waals surface area contributed by atoms with Crippen molar-refractivity contribution in [2.45, 2.75) is 57.5 Å². The van der Waals surface area contributed by atoms with Gasteiger partial charge >= 0.3 is 0 Å². The Morgan fingerprint density at radius 3 is 2.06 bits per heavy atom. The van der Waals surface area contributed by atoms with Crippen LogP contribution in [0.2, 0.25) is 38.3 Å². The van der Waals surface area contributed by atoms with Crippen molar-refractivity contribution in [3.63, 3.8) is 0 Å². The van der Waals surface area contributed by atoms with Gasteiger partial charge in [-0.05, 0) is 51.1 Å². The molecule has 1 N–H and O–H groups in total. The number of amides is 1. The minimum atomic E-state index is -1.63. The number of carbonyl (C=O) groups excluding carboxylic acids is 1. The average Bonchev–Trinajstić information content (AvgIpc) is 2.24. The lowest BCUT2D eigenvalue weighted by Gasteiger charge is -2.34. The summed E-state index contributed by atoms with van der Waals surface area (Å²) in [6, 6.07) is 2.18. The van der Waals surface area contributed by atoms with Crippen molar-refractivity contribution in [2.24, 2.45) is 0 Å². The summed E-state index contributed by atoms with van der Waals surface area (Å²) in [6.07, 6.45) is 2.59. The van der Waals surface area contributed by atoms with Gasteiger partial charge in [0.2, 0.25) is 5.91 Å². The summed E-state index contributed by atoms with van der Waals surface area (Å²) in [5, 5.41) is 2.66. The van der Waals surface area contributed by atoms with E-state index in [4.69, 9.17) is 15.7 Å². The van der Waals surface area contributed by atoms with Gasteiger partial charge in [-0.2, -0.15) is 0 Å². The van der Waals surface area contributed by atoms with Crippen molar-refractivity contribution in [1.82, 2.24) is 5.32 Å². The van der Waals surface area contributed by atoms with E-state index in [-0.39, 0.29) is 5.91 Å². The Labute approximate surface area is 119 Å². The van der Waals surface area contributed by atoms with Gasteiger partial charge in [0, 0.05) is 19.3 Å². The SMILES string of the molecule is CNC(=O)CCC[Si](C)(C)O[Si](C)(C)CCCCl. The zero-order valence-corrected chi connectivity index (χ0v) is 15.2. The maximum absolute atomic E-state index is 11.2. The molecule has 0 saturated carbocycles. The van der Waals surface area contributed by atoms with Gasteiger partial charge < -0.3 is 9.43 Å². The summed E-state index contributed by atoms with van der Waals surface area (Å²) in [5.74, 6) is 0.844. The molecule has 6 heteroatoms. The Bertz CT molecular complexity index is 260. The molecule has 108 valence electrons. The molecule has 0 radical (unpaired) electrons. The van der Waals surface area contributed by atoms with E-state index < -0.39 is 16.6 Å². The van der Waals surface area contributed by atoms with Gasteiger partial charge in [-0.25, -0.2) is 0 Å². The van der Waals surface area contributed by atoms with Crippen molar-refractivity contribution < 1.29 is 8.91 Å². The van der Waals surface area contributed by atoms with Gasteiger partial charge in [-0.15, -0.1) is 11.6 Å². The summed E-state index contributed by atoms with van der Waals surface area (Å²) in [5.41, 5.74) is 0. The van der Waals surface area contributed by atoms with Crippen molar-refractivity contribution >= 4 is 34.1 Å². The molecule has 0 rings (SSSR count). The second-order valence-corrected chi connectivity index (χ2v) is 15.2. The van der Waals surface area contributed by atoms with Crippen LogP contribution >= 0.6 is 11.6 Å². The van der Waals surface area contributed by atoms with Crippen LogP contribution in [0.25, 0.3) is 0 Å². The summed E-state index contributed by atoms with van der Waals surface area (Å²) in [7, 11) is -1.51. The number of alkyl halides is 1. The summed E-state index contributed by atoms with van der Waals surface area (Å²) in [4.78, 5) is 11.2. The zero-order valence-electron chi connectivity index (χ0n) is 12.4. The lowest BCUT2D eigenvalue weighted by molar-refractivity contribution is -0.120. The minimum absolute atomic E-state index is 0.124. The third-order valence-corrected chi connectivity index (χ3v) is 10.7. The molecule has 3 nitrogen and oxygen atoms in total. The lowest BCUT2D eigenvalue weighted by atomic mass is 10.3. The maximum Gasteiger partial charge on any atom is 0.219 e. The van der Waals surface area contributed by atoms with E-state index in [0.29, 0.717) is 6.42 Å². The van der Waals surface area contributed by atoms with Crippen LogP contribution in [-0.2, 0) is 8.91 Å². The van der Waals surface area contributed by atoms with Crippen LogP contribution in [0.15, 0.2) is 0 Å². The fourth-order valence-electron chi connectivity index (χ4n) is 2.14. The predicted octanol–water partition coefficient (Wildman–Crippen LogP) is 3.57. The topological polar surface area (TPSA) is 38.3 Å². The van der Waals surface area contributed by atoms with Crippen molar-refractivity contribution in [2.75, 3.05) is 12.9 Å². The second kappa shape index (κ2) is 8.35. The summed E-state index contributed by atoms with van der Waals surface area (Å²) in [6.45, 7) is 9.05. The number of carbonyl (C=O) groups is 1. The molecule has 0 aliphatic rings. The average molecular weight is 310 g/mol. The highest BCUT2D eigenvalue weighted by atomic mass is 35.5. The van der Waals surface area contributed by atoms with Crippen molar-refractivity contribution in [3.8, 4) is 0 Å². The third kappa shape index (κ3) is 9.13. The van der Waals surface area contributed by atoms with E-state index in [1.807, 2.05) is 0 Å². The molecule has 0 spiro atoms. The van der Waals surface area contributed by atoms with Gasteiger partial charge in [0.25, 0.3) is 0 Å². The van der Waals surface area contributed by atoms with Gasteiger partial charge in [0.1, 0.15) is 0 Å². The van der Waals surface area contributed by atoms with Crippen LogP contribution in [0.4, 0.5) is 0 Å². The smallest absolute Gasteiger partial charge is 0.219 e. The maximum atomic E-state index is 11.2. The first-order valence-electron chi connectivity index (χ1n) is 6.69. The number of halogens is 1. The first kappa shape index (κ1) is 18.2. The molecule has 0 aliphatic carbocycles. The Hall–Kier alpha value is 0.154. The van der Waals surface area contributed by atoms with Crippen molar-refractivity contribution in [1.29, 1.82) is 0 Å². The fourth-order valence-corrected chi connectivity index (χ4v) is 11.4. The van der Waals surface area contributed by atoms with Crippen LogP contribution in [-0.4, -0.2) is 35.5 Å². The predicted molar refractivity (Wildman–Crippen MR) is 84.3 cm³/mol. The molecule has 0 heterocycles. The number of hydrogen-bond donors (Lipinski definition) is 1. The lowest BCUT2D eigenvalue weighted by Crippen LogP contribution is -2.44. The Balaban J connectivity index is 4.08. The van der Waals surface area contributed by atoms with Crippen LogP contribution in [0.1, 0.15) is 19.3 Å². The third-order valence-electron chi connectivity index (χ3n) is 2.93. The Morgan fingerprint density at radius 1 is 1.11 bits per heavy atom. The number of rotatable bonds is 9. The zero-order chi connectivity index (χ0) is 14.2. The first-order valence-corrected chi connectivity index (χ1v) is 13.5. The fraction of sp³-hybridized carbons (Fsp3) is 0.917. The molecule has 0 aromatic heterocycles. The molecule has 0 atom stereocenters. The van der Waals surface area contributed by atoms with Crippen LogP contribution in [0.3, 0.4) is 0 Å². The van der Waals surface area contributed by atoms with Crippen molar-refractivity contribution in [3.05, 3.63) is 0 Å². The van der Waals surface area contributed by atoms with E-state index in [1.165, 1.54) is 0 Å². The molecule has 18 heavy (non-hydrogen) atoms. The number of hydrogen-bond acceptors (Lipinski definition) is 2. The Morgan fingerprint density at radius 2 is 1.61 bits per heavy atom. The highest BCUT2D eigenvalue weighted by Gasteiger charge is 2.32.